The van der Waals surface area contributed by atoms with Gasteiger partial charge in [-0.1, -0.05) is 42.0 Å². The van der Waals surface area contributed by atoms with Crippen LogP contribution in [0.25, 0.3) is 6.08 Å². The van der Waals surface area contributed by atoms with E-state index in [-0.39, 0.29) is 11.2 Å². The van der Waals surface area contributed by atoms with Crippen LogP contribution in [0.5, 0.6) is 0 Å². The largest absolute Gasteiger partial charge is 0.357 e. The fraction of sp³-hybridized carbons (Fsp3) is 0.571. The smallest absolute Gasteiger partial charge is 0.193 e. The Kier molecular flexibility index (Phi) is 6.25. The first-order valence-electron chi connectivity index (χ1n) is 9.85. The van der Waals surface area contributed by atoms with E-state index in [4.69, 9.17) is 4.99 Å². The lowest BCUT2D eigenvalue weighted by atomic mass is 10.0. The van der Waals surface area contributed by atoms with Crippen molar-refractivity contribution in [2.45, 2.75) is 32.6 Å². The SMILES string of the molecule is CCNC(=NCC1(CS(C)(=O)=O)CC1)N1CCC(=Cc2ccccc2)CC1. The Morgan fingerprint density at radius 1 is 1.22 bits per heavy atom. The van der Waals surface area contributed by atoms with Crippen molar-refractivity contribution in [1.29, 1.82) is 0 Å². The van der Waals surface area contributed by atoms with E-state index in [1.165, 1.54) is 17.4 Å². The average molecular weight is 390 g/mol. The van der Waals surface area contributed by atoms with E-state index in [9.17, 15) is 8.42 Å². The van der Waals surface area contributed by atoms with Crippen molar-refractivity contribution < 1.29 is 8.42 Å². The zero-order valence-electron chi connectivity index (χ0n) is 16.4. The zero-order chi connectivity index (χ0) is 19.3. The van der Waals surface area contributed by atoms with Crippen LogP contribution in [0.4, 0.5) is 0 Å². The maximum absolute atomic E-state index is 11.7. The van der Waals surface area contributed by atoms with Crippen molar-refractivity contribution in [3.8, 4) is 0 Å². The highest BCUT2D eigenvalue weighted by molar-refractivity contribution is 7.90. The quantitative estimate of drug-likeness (QED) is 0.600. The standard InChI is InChI=1S/C21H31N3O2S/c1-3-22-20(23-16-21(11-12-21)17-27(2,25)26)24-13-9-19(10-14-24)15-18-7-5-4-6-8-18/h4-8,15H,3,9-14,16-17H2,1-2H3,(H,22,23). The molecule has 1 N–H and O–H groups in total. The second kappa shape index (κ2) is 8.46. The third-order valence-corrected chi connectivity index (χ3v) is 6.44. The number of nitrogens with zero attached hydrogens (tertiary/aromatic N) is 2. The third-order valence-electron chi connectivity index (χ3n) is 5.30. The van der Waals surface area contributed by atoms with E-state index < -0.39 is 9.84 Å². The normalized spacial score (nSPS) is 19.7. The molecular weight excluding hydrogens is 358 g/mol. The Hall–Kier alpha value is -1.82. The molecule has 0 aromatic heterocycles. The second-order valence-electron chi connectivity index (χ2n) is 7.94. The van der Waals surface area contributed by atoms with Crippen molar-refractivity contribution in [2.75, 3.05) is 38.2 Å². The van der Waals surface area contributed by atoms with Crippen molar-refractivity contribution in [3.05, 3.63) is 41.5 Å². The monoisotopic (exact) mass is 389 g/mol. The number of likely N-dealkylation sites (tertiary alicyclic amines) is 1. The highest BCUT2D eigenvalue weighted by Gasteiger charge is 2.45. The lowest BCUT2D eigenvalue weighted by Crippen LogP contribution is -2.44. The molecule has 0 amide bonds. The highest BCUT2D eigenvalue weighted by Crippen LogP contribution is 2.47. The number of benzene rings is 1. The van der Waals surface area contributed by atoms with E-state index in [0.717, 1.165) is 51.3 Å². The Balaban J connectivity index is 1.60. The van der Waals surface area contributed by atoms with Crippen molar-refractivity contribution in [3.63, 3.8) is 0 Å². The van der Waals surface area contributed by atoms with Crippen LogP contribution in [0, 0.1) is 5.41 Å². The first-order chi connectivity index (χ1) is 12.9. The molecule has 1 aliphatic heterocycles. The van der Waals surface area contributed by atoms with Crippen LogP contribution >= 0.6 is 0 Å². The number of guanidine groups is 1. The number of sulfone groups is 1. The lowest BCUT2D eigenvalue weighted by Gasteiger charge is -2.32. The van der Waals surface area contributed by atoms with Gasteiger partial charge in [0.2, 0.25) is 0 Å². The molecule has 1 heterocycles. The molecule has 27 heavy (non-hydrogen) atoms. The van der Waals surface area contributed by atoms with Gasteiger partial charge in [-0.25, -0.2) is 8.42 Å². The van der Waals surface area contributed by atoms with Crippen LogP contribution in [0.15, 0.2) is 40.9 Å². The molecule has 1 aromatic carbocycles. The van der Waals surface area contributed by atoms with Gasteiger partial charge < -0.3 is 10.2 Å². The molecule has 0 spiro atoms. The summed E-state index contributed by atoms with van der Waals surface area (Å²) in [5.41, 5.74) is 2.62. The minimum atomic E-state index is -2.95. The summed E-state index contributed by atoms with van der Waals surface area (Å²) in [4.78, 5) is 7.12. The summed E-state index contributed by atoms with van der Waals surface area (Å²) in [7, 11) is -2.95. The fourth-order valence-corrected chi connectivity index (χ4v) is 5.18. The molecule has 2 fully saturated rings. The summed E-state index contributed by atoms with van der Waals surface area (Å²) < 4.78 is 23.3. The molecule has 0 radical (unpaired) electrons. The Morgan fingerprint density at radius 3 is 2.44 bits per heavy atom. The van der Waals surface area contributed by atoms with Gasteiger partial charge in [0.25, 0.3) is 0 Å². The minimum Gasteiger partial charge on any atom is -0.357 e. The average Bonchev–Trinajstić information content (AvgIpc) is 3.38. The van der Waals surface area contributed by atoms with Crippen LogP contribution in [0.1, 0.15) is 38.2 Å². The number of hydrogen-bond donors (Lipinski definition) is 1. The molecule has 5 nitrogen and oxygen atoms in total. The fourth-order valence-electron chi connectivity index (χ4n) is 3.68. The predicted octanol–water partition coefficient (Wildman–Crippen LogP) is 2.96. The van der Waals surface area contributed by atoms with Gasteiger partial charge in [0, 0.05) is 37.8 Å². The van der Waals surface area contributed by atoms with Crippen LogP contribution in [-0.4, -0.2) is 57.5 Å². The second-order valence-corrected chi connectivity index (χ2v) is 10.1. The molecule has 6 heteroatoms. The van der Waals surface area contributed by atoms with Crippen LogP contribution in [-0.2, 0) is 9.84 Å². The molecular formula is C21H31N3O2S. The summed E-state index contributed by atoms with van der Waals surface area (Å²) in [6.45, 7) is 5.39. The summed E-state index contributed by atoms with van der Waals surface area (Å²) in [6.07, 6.45) is 7.63. The lowest BCUT2D eigenvalue weighted by molar-refractivity contribution is 0.374. The van der Waals surface area contributed by atoms with Crippen molar-refractivity contribution >= 4 is 21.9 Å². The molecule has 1 saturated carbocycles. The Morgan fingerprint density at radius 2 is 1.89 bits per heavy atom. The molecule has 3 rings (SSSR count). The molecule has 1 saturated heterocycles. The van der Waals surface area contributed by atoms with E-state index in [0.29, 0.717) is 6.54 Å². The van der Waals surface area contributed by atoms with Gasteiger partial charge in [-0.3, -0.25) is 4.99 Å². The van der Waals surface area contributed by atoms with E-state index in [2.05, 4.69) is 47.5 Å². The van der Waals surface area contributed by atoms with Crippen LogP contribution in [0.3, 0.4) is 0 Å². The van der Waals surface area contributed by atoms with Gasteiger partial charge in [-0.2, -0.15) is 0 Å². The number of hydrogen-bond acceptors (Lipinski definition) is 3. The zero-order valence-corrected chi connectivity index (χ0v) is 17.3. The molecule has 2 aliphatic rings. The van der Waals surface area contributed by atoms with Crippen LogP contribution < -0.4 is 5.32 Å². The number of rotatable bonds is 6. The van der Waals surface area contributed by atoms with E-state index in [1.54, 1.807) is 0 Å². The highest BCUT2D eigenvalue weighted by atomic mass is 32.2. The maximum Gasteiger partial charge on any atom is 0.193 e. The van der Waals surface area contributed by atoms with E-state index >= 15 is 0 Å². The number of piperidine rings is 1. The molecule has 0 unspecified atom stereocenters. The number of nitrogens with one attached hydrogen (secondary N) is 1. The summed E-state index contributed by atoms with van der Waals surface area (Å²) in [5, 5.41) is 3.39. The predicted molar refractivity (Wildman–Crippen MR) is 113 cm³/mol. The first kappa shape index (κ1) is 19.9. The van der Waals surface area contributed by atoms with Crippen LogP contribution in [0.2, 0.25) is 0 Å². The topological polar surface area (TPSA) is 61.8 Å². The third kappa shape index (κ3) is 6.09. The molecule has 0 atom stereocenters. The van der Waals surface area contributed by atoms with Gasteiger partial charge in [-0.05, 0) is 38.2 Å². The summed E-state index contributed by atoms with van der Waals surface area (Å²) in [6, 6.07) is 10.5. The van der Waals surface area contributed by atoms with Gasteiger partial charge in [0.05, 0.1) is 5.75 Å². The molecule has 0 bridgehead atoms. The van der Waals surface area contributed by atoms with Crippen molar-refractivity contribution in [2.24, 2.45) is 10.4 Å². The Labute approximate surface area is 163 Å². The maximum atomic E-state index is 11.7. The summed E-state index contributed by atoms with van der Waals surface area (Å²) in [5.74, 6) is 1.18. The Bertz CT molecular complexity index is 786. The van der Waals surface area contributed by atoms with Gasteiger partial charge in [0.15, 0.2) is 5.96 Å². The molecule has 1 aliphatic carbocycles. The first-order valence-corrected chi connectivity index (χ1v) is 11.9. The summed E-state index contributed by atoms with van der Waals surface area (Å²) >= 11 is 0. The van der Waals surface area contributed by atoms with Gasteiger partial charge >= 0.3 is 0 Å². The van der Waals surface area contributed by atoms with E-state index in [1.807, 2.05) is 6.07 Å². The van der Waals surface area contributed by atoms with Gasteiger partial charge in [-0.15, -0.1) is 0 Å². The van der Waals surface area contributed by atoms with Gasteiger partial charge in [0.1, 0.15) is 9.84 Å². The molecule has 148 valence electrons. The minimum absolute atomic E-state index is 0.123. The van der Waals surface area contributed by atoms with Crippen molar-refractivity contribution in [1.82, 2.24) is 10.2 Å². The molecule has 1 aromatic rings. The number of aliphatic imine (C=N–C) groups is 1.